The van der Waals surface area contributed by atoms with Crippen molar-refractivity contribution in [3.8, 4) is 5.75 Å². The van der Waals surface area contributed by atoms with Gasteiger partial charge in [0.25, 0.3) is 0 Å². The first kappa shape index (κ1) is 25.1. The molecule has 0 aliphatic carbocycles. The second-order valence-corrected chi connectivity index (χ2v) is 10.5. The second kappa shape index (κ2) is 9.90. The quantitative estimate of drug-likeness (QED) is 0.481. The molecule has 0 saturated carbocycles. The van der Waals surface area contributed by atoms with E-state index in [2.05, 4.69) is 4.98 Å². The summed E-state index contributed by atoms with van der Waals surface area (Å²) in [6, 6.07) is 14.0. The SMILES string of the molecule is COc1cccc2c1N(Cc1cn(C)cn1)C(CCc1ccccc1)CN(S(=O)(=O)C(F)(F)F)C2. The van der Waals surface area contributed by atoms with Crippen LogP contribution in [-0.4, -0.2) is 47.5 Å². The number of sulfonamides is 1. The molecule has 0 radical (unpaired) electrons. The summed E-state index contributed by atoms with van der Waals surface area (Å²) in [5.41, 5.74) is -2.65. The van der Waals surface area contributed by atoms with Crippen molar-refractivity contribution in [1.29, 1.82) is 0 Å². The lowest BCUT2D eigenvalue weighted by molar-refractivity contribution is -0.0492. The Balaban J connectivity index is 1.81. The molecule has 2 aromatic carbocycles. The molecule has 11 heteroatoms. The fraction of sp³-hybridized carbons (Fsp3) is 0.375. The lowest BCUT2D eigenvalue weighted by Gasteiger charge is -2.34. The second-order valence-electron chi connectivity index (χ2n) is 8.55. The maximum Gasteiger partial charge on any atom is 0.511 e. The topological polar surface area (TPSA) is 67.7 Å². The van der Waals surface area contributed by atoms with Crippen LogP contribution in [0.2, 0.25) is 0 Å². The molecule has 0 amide bonds. The maximum atomic E-state index is 13.6. The van der Waals surface area contributed by atoms with E-state index >= 15 is 0 Å². The number of rotatable bonds is 7. The number of methoxy groups -OCH3 is 1. The highest BCUT2D eigenvalue weighted by Gasteiger charge is 2.51. The molecule has 3 aromatic rings. The van der Waals surface area contributed by atoms with Crippen LogP contribution in [0.5, 0.6) is 5.75 Å². The van der Waals surface area contributed by atoms with Gasteiger partial charge in [0.05, 0.1) is 31.4 Å². The van der Waals surface area contributed by atoms with Crippen molar-refractivity contribution in [2.45, 2.75) is 37.5 Å². The minimum absolute atomic E-state index is 0.285. The first-order valence-corrected chi connectivity index (χ1v) is 12.5. The molecule has 7 nitrogen and oxygen atoms in total. The number of halogens is 3. The number of imidazole rings is 1. The largest absolute Gasteiger partial charge is 0.511 e. The first-order chi connectivity index (χ1) is 16.6. The number of alkyl halides is 3. The van der Waals surface area contributed by atoms with Gasteiger partial charge in [0, 0.05) is 32.4 Å². The van der Waals surface area contributed by atoms with Gasteiger partial charge in [0.2, 0.25) is 0 Å². The van der Waals surface area contributed by atoms with Crippen LogP contribution < -0.4 is 9.64 Å². The molecule has 0 fully saturated rings. The molecule has 1 unspecified atom stereocenters. The van der Waals surface area contributed by atoms with Crippen LogP contribution in [0.1, 0.15) is 23.2 Å². The standard InChI is InChI=1S/C24H27F3N4O3S/c1-29-14-20(28-17-29)15-31-21(12-11-18-7-4-3-5-8-18)16-30(35(32,33)24(25,26)27)13-19-9-6-10-22(34-2)23(19)31/h3-10,14,17,21H,11-13,15-16H2,1-2H3. The Morgan fingerprint density at radius 2 is 1.86 bits per heavy atom. The molecular weight excluding hydrogens is 481 g/mol. The van der Waals surface area contributed by atoms with Crippen LogP contribution in [0.4, 0.5) is 18.9 Å². The van der Waals surface area contributed by atoms with Crippen molar-refractivity contribution in [2.75, 3.05) is 18.6 Å². The number of benzene rings is 2. The van der Waals surface area contributed by atoms with Crippen molar-refractivity contribution in [3.05, 3.63) is 77.9 Å². The highest BCUT2D eigenvalue weighted by atomic mass is 32.2. The van der Waals surface area contributed by atoms with Crippen LogP contribution in [0, 0.1) is 0 Å². The molecule has 1 aliphatic heterocycles. The molecule has 35 heavy (non-hydrogen) atoms. The zero-order chi connectivity index (χ0) is 25.2. The number of para-hydroxylation sites is 1. The average Bonchev–Trinajstić information content (AvgIpc) is 3.16. The Morgan fingerprint density at radius 1 is 1.11 bits per heavy atom. The zero-order valence-electron chi connectivity index (χ0n) is 19.4. The van der Waals surface area contributed by atoms with Crippen LogP contribution in [0.3, 0.4) is 0 Å². The van der Waals surface area contributed by atoms with Gasteiger partial charge in [-0.25, -0.2) is 13.4 Å². The summed E-state index contributed by atoms with van der Waals surface area (Å²) in [6.07, 6.45) is 4.47. The molecule has 2 heterocycles. The van der Waals surface area contributed by atoms with Gasteiger partial charge < -0.3 is 14.2 Å². The third-order valence-corrected chi connectivity index (χ3v) is 7.67. The number of fused-ring (bicyclic) bond motifs is 1. The Hall–Kier alpha value is -3.05. The van der Waals surface area contributed by atoms with Crippen molar-refractivity contribution >= 4 is 15.7 Å². The number of hydrogen-bond donors (Lipinski definition) is 0. The monoisotopic (exact) mass is 508 g/mol. The molecule has 0 spiro atoms. The van der Waals surface area contributed by atoms with E-state index in [1.54, 1.807) is 29.1 Å². The molecule has 0 saturated heterocycles. The van der Waals surface area contributed by atoms with Gasteiger partial charge in [-0.1, -0.05) is 42.5 Å². The fourth-order valence-corrected chi connectivity index (χ4v) is 5.41. The minimum atomic E-state index is -5.55. The van der Waals surface area contributed by atoms with Crippen molar-refractivity contribution in [2.24, 2.45) is 7.05 Å². The highest BCUT2D eigenvalue weighted by molar-refractivity contribution is 7.89. The Bertz CT molecular complexity index is 1260. The minimum Gasteiger partial charge on any atom is -0.495 e. The Morgan fingerprint density at radius 3 is 2.49 bits per heavy atom. The van der Waals surface area contributed by atoms with Gasteiger partial charge in [0.15, 0.2) is 0 Å². The van der Waals surface area contributed by atoms with Crippen LogP contribution in [-0.2, 0) is 36.6 Å². The molecule has 1 atom stereocenters. The van der Waals surface area contributed by atoms with Gasteiger partial charge >= 0.3 is 15.5 Å². The molecule has 1 aliphatic rings. The summed E-state index contributed by atoms with van der Waals surface area (Å²) >= 11 is 0. The van der Waals surface area contributed by atoms with Crippen molar-refractivity contribution in [1.82, 2.24) is 13.9 Å². The van der Waals surface area contributed by atoms with E-state index in [-0.39, 0.29) is 13.1 Å². The smallest absolute Gasteiger partial charge is 0.495 e. The number of aromatic nitrogens is 2. The van der Waals surface area contributed by atoms with E-state index in [4.69, 9.17) is 4.74 Å². The number of ether oxygens (including phenoxy) is 1. The lowest BCUT2D eigenvalue weighted by atomic mass is 10.0. The first-order valence-electron chi connectivity index (χ1n) is 11.1. The van der Waals surface area contributed by atoms with E-state index < -0.39 is 28.1 Å². The third-order valence-electron chi connectivity index (χ3n) is 6.12. The predicted molar refractivity (Wildman–Crippen MR) is 126 cm³/mol. The zero-order valence-corrected chi connectivity index (χ0v) is 20.3. The van der Waals surface area contributed by atoms with E-state index in [1.807, 2.05) is 48.5 Å². The number of anilines is 1. The normalized spacial score (nSPS) is 17.2. The highest BCUT2D eigenvalue weighted by Crippen LogP contribution is 2.40. The van der Waals surface area contributed by atoms with Crippen molar-refractivity contribution in [3.63, 3.8) is 0 Å². The number of aryl methyl sites for hydroxylation is 2. The summed E-state index contributed by atoms with van der Waals surface area (Å²) < 4.78 is 73.9. The van der Waals surface area contributed by atoms with E-state index in [1.165, 1.54) is 7.11 Å². The summed E-state index contributed by atoms with van der Waals surface area (Å²) in [6.45, 7) is -0.443. The molecule has 4 rings (SSSR count). The van der Waals surface area contributed by atoms with E-state index in [0.29, 0.717) is 39.8 Å². The molecule has 1 aromatic heterocycles. The van der Waals surface area contributed by atoms with Crippen LogP contribution in [0.25, 0.3) is 0 Å². The van der Waals surface area contributed by atoms with Gasteiger partial charge in [-0.15, -0.1) is 0 Å². The van der Waals surface area contributed by atoms with Crippen LogP contribution >= 0.6 is 0 Å². The lowest BCUT2D eigenvalue weighted by Crippen LogP contribution is -2.47. The van der Waals surface area contributed by atoms with Gasteiger partial charge in [-0.3, -0.25) is 0 Å². The average molecular weight is 509 g/mol. The third kappa shape index (κ3) is 5.30. The maximum absolute atomic E-state index is 13.6. The summed E-state index contributed by atoms with van der Waals surface area (Å²) in [7, 11) is -2.23. The predicted octanol–water partition coefficient (Wildman–Crippen LogP) is 4.10. The molecule has 0 N–H and O–H groups in total. The Labute approximate surface area is 202 Å². The molecular formula is C24H27F3N4O3S. The number of hydrogen-bond acceptors (Lipinski definition) is 5. The van der Waals surface area contributed by atoms with Gasteiger partial charge in [-0.05, 0) is 30.0 Å². The van der Waals surface area contributed by atoms with E-state index in [0.717, 1.165) is 5.56 Å². The van der Waals surface area contributed by atoms with Crippen LogP contribution in [0.15, 0.2) is 61.1 Å². The van der Waals surface area contributed by atoms with Gasteiger partial charge in [0.1, 0.15) is 5.75 Å². The molecule has 188 valence electrons. The summed E-state index contributed by atoms with van der Waals surface area (Å²) in [4.78, 5) is 6.33. The van der Waals surface area contributed by atoms with Crippen molar-refractivity contribution < 1.29 is 26.3 Å². The fourth-order valence-electron chi connectivity index (χ4n) is 4.44. The summed E-state index contributed by atoms with van der Waals surface area (Å²) in [5, 5.41) is 0. The van der Waals surface area contributed by atoms with E-state index in [9.17, 15) is 21.6 Å². The Kier molecular flexibility index (Phi) is 7.09. The number of nitrogens with zero attached hydrogens (tertiary/aromatic N) is 4. The molecule has 0 bridgehead atoms. The van der Waals surface area contributed by atoms with Gasteiger partial charge in [-0.2, -0.15) is 17.5 Å². The summed E-state index contributed by atoms with van der Waals surface area (Å²) in [5.74, 6) is 0.467.